The summed E-state index contributed by atoms with van der Waals surface area (Å²) in [5, 5.41) is 6.34. The van der Waals surface area contributed by atoms with E-state index in [2.05, 4.69) is 10.5 Å². The molecule has 0 aliphatic rings. The zero-order valence-corrected chi connectivity index (χ0v) is 15.3. The van der Waals surface area contributed by atoms with E-state index in [0.29, 0.717) is 28.5 Å². The maximum Gasteiger partial charge on any atom is 0.226 e. The molecule has 6 nitrogen and oxygen atoms in total. The zero-order chi connectivity index (χ0) is 20.1. The van der Waals surface area contributed by atoms with Crippen LogP contribution in [0.25, 0.3) is 11.3 Å². The van der Waals surface area contributed by atoms with Crippen molar-refractivity contribution in [2.75, 3.05) is 14.2 Å². The van der Waals surface area contributed by atoms with Gasteiger partial charge in [-0.05, 0) is 30.3 Å². The zero-order valence-electron chi connectivity index (χ0n) is 15.3. The van der Waals surface area contributed by atoms with Crippen molar-refractivity contribution in [1.29, 1.82) is 0 Å². The molecule has 3 rings (SSSR count). The van der Waals surface area contributed by atoms with Crippen molar-refractivity contribution < 1.29 is 27.6 Å². The number of rotatable bonds is 7. The number of benzene rings is 2. The van der Waals surface area contributed by atoms with E-state index in [9.17, 15) is 13.6 Å². The quantitative estimate of drug-likeness (QED) is 0.671. The van der Waals surface area contributed by atoms with Crippen molar-refractivity contribution in [3.63, 3.8) is 0 Å². The summed E-state index contributed by atoms with van der Waals surface area (Å²) in [6, 6.07) is 10.4. The highest BCUT2D eigenvalue weighted by molar-refractivity contribution is 5.78. The molecule has 146 valence electrons. The molecule has 1 N–H and O–H groups in total. The molecule has 0 bridgehead atoms. The Hall–Kier alpha value is -3.42. The average molecular weight is 388 g/mol. The van der Waals surface area contributed by atoms with Crippen molar-refractivity contribution in [3.05, 3.63) is 65.4 Å². The molecule has 0 saturated heterocycles. The molecule has 8 heteroatoms. The van der Waals surface area contributed by atoms with Gasteiger partial charge in [0.1, 0.15) is 11.6 Å². The van der Waals surface area contributed by atoms with Crippen molar-refractivity contribution in [2.24, 2.45) is 0 Å². The third kappa shape index (κ3) is 4.28. The molecule has 2 aromatic carbocycles. The number of hydrogen-bond acceptors (Lipinski definition) is 5. The van der Waals surface area contributed by atoms with Gasteiger partial charge in [0, 0.05) is 23.7 Å². The monoisotopic (exact) mass is 388 g/mol. The molecule has 0 saturated carbocycles. The minimum atomic E-state index is -0.711. The summed E-state index contributed by atoms with van der Waals surface area (Å²) in [7, 11) is 3.06. The lowest BCUT2D eigenvalue weighted by molar-refractivity contribution is -0.120. The number of nitrogens with one attached hydrogen (secondary N) is 1. The molecule has 0 aliphatic carbocycles. The third-order valence-electron chi connectivity index (χ3n) is 4.09. The standard InChI is InChI=1S/C20H18F2N2O4/c1-26-17-7-6-12(8-19(17)27-2)18-9-13(24-28-18)10-20(25)23-11-14-15(21)4-3-5-16(14)22/h3-9H,10-11H2,1-2H3,(H,23,25). The Bertz CT molecular complexity index is 968. The lowest BCUT2D eigenvalue weighted by Crippen LogP contribution is -2.25. The van der Waals surface area contributed by atoms with Crippen LogP contribution in [0.4, 0.5) is 8.78 Å². The highest BCUT2D eigenvalue weighted by atomic mass is 19.1. The Morgan fingerprint density at radius 2 is 1.79 bits per heavy atom. The number of halogens is 2. The number of ether oxygens (including phenoxy) is 2. The van der Waals surface area contributed by atoms with Crippen LogP contribution in [0.2, 0.25) is 0 Å². The van der Waals surface area contributed by atoms with Gasteiger partial charge in [-0.15, -0.1) is 0 Å². The molecule has 0 fully saturated rings. The summed E-state index contributed by atoms with van der Waals surface area (Å²) in [6.45, 7) is -0.252. The molecule has 0 unspecified atom stereocenters. The van der Waals surface area contributed by atoms with E-state index < -0.39 is 17.5 Å². The van der Waals surface area contributed by atoms with Gasteiger partial charge in [0.05, 0.1) is 26.3 Å². The molecule has 3 aromatic rings. The highest BCUT2D eigenvalue weighted by Gasteiger charge is 2.14. The first-order valence-electron chi connectivity index (χ1n) is 8.39. The first-order valence-corrected chi connectivity index (χ1v) is 8.39. The maximum absolute atomic E-state index is 13.6. The predicted molar refractivity (Wildman–Crippen MR) is 97.0 cm³/mol. The molecule has 0 atom stereocenters. The minimum Gasteiger partial charge on any atom is -0.493 e. The SMILES string of the molecule is COc1ccc(-c2cc(CC(=O)NCc3c(F)cccc3F)no2)cc1OC. The van der Waals surface area contributed by atoms with Crippen LogP contribution >= 0.6 is 0 Å². The van der Waals surface area contributed by atoms with E-state index in [1.54, 1.807) is 24.3 Å². The first-order chi connectivity index (χ1) is 13.5. The summed E-state index contributed by atoms with van der Waals surface area (Å²) in [5.41, 5.74) is 0.892. The lowest BCUT2D eigenvalue weighted by atomic mass is 10.1. The second kappa shape index (κ2) is 8.51. The lowest BCUT2D eigenvalue weighted by Gasteiger charge is -2.07. The fourth-order valence-electron chi connectivity index (χ4n) is 2.64. The fraction of sp³-hybridized carbons (Fsp3) is 0.200. The molecule has 1 aromatic heterocycles. The number of aromatic nitrogens is 1. The van der Waals surface area contributed by atoms with Gasteiger partial charge in [-0.2, -0.15) is 0 Å². The Balaban J connectivity index is 1.65. The summed E-state index contributed by atoms with van der Waals surface area (Å²) in [6.07, 6.45) is -0.0904. The summed E-state index contributed by atoms with van der Waals surface area (Å²) in [5.74, 6) is -0.304. The van der Waals surface area contributed by atoms with E-state index in [4.69, 9.17) is 14.0 Å². The Labute approximate surface area is 160 Å². The normalized spacial score (nSPS) is 10.6. The number of carbonyl (C=O) groups is 1. The molecule has 0 radical (unpaired) electrons. The Morgan fingerprint density at radius 1 is 1.07 bits per heavy atom. The molecule has 0 aliphatic heterocycles. The second-order valence-electron chi connectivity index (χ2n) is 5.91. The van der Waals surface area contributed by atoms with Gasteiger partial charge in [0.2, 0.25) is 5.91 Å². The van der Waals surface area contributed by atoms with Gasteiger partial charge < -0.3 is 19.3 Å². The van der Waals surface area contributed by atoms with Crippen LogP contribution in [0.1, 0.15) is 11.3 Å². The van der Waals surface area contributed by atoms with Crippen LogP contribution in [0, 0.1) is 11.6 Å². The highest BCUT2D eigenvalue weighted by Crippen LogP contribution is 2.32. The second-order valence-corrected chi connectivity index (χ2v) is 5.91. The fourth-order valence-corrected chi connectivity index (χ4v) is 2.64. The van der Waals surface area contributed by atoms with Gasteiger partial charge in [0.25, 0.3) is 0 Å². The summed E-state index contributed by atoms with van der Waals surface area (Å²) in [4.78, 5) is 12.1. The average Bonchev–Trinajstić information content (AvgIpc) is 3.15. The van der Waals surface area contributed by atoms with E-state index in [-0.39, 0.29) is 18.5 Å². The molecule has 28 heavy (non-hydrogen) atoms. The summed E-state index contributed by atoms with van der Waals surface area (Å²) >= 11 is 0. The van der Waals surface area contributed by atoms with Crippen molar-refractivity contribution in [1.82, 2.24) is 10.5 Å². The van der Waals surface area contributed by atoms with Crippen LogP contribution in [0.3, 0.4) is 0 Å². The molecular formula is C20H18F2N2O4. The molecular weight excluding hydrogens is 370 g/mol. The van der Waals surface area contributed by atoms with Crippen LogP contribution in [-0.2, 0) is 17.8 Å². The number of hydrogen-bond donors (Lipinski definition) is 1. The number of amides is 1. The first kappa shape index (κ1) is 19.3. The smallest absolute Gasteiger partial charge is 0.226 e. The van der Waals surface area contributed by atoms with Crippen LogP contribution in [0.15, 0.2) is 47.0 Å². The van der Waals surface area contributed by atoms with E-state index in [1.165, 1.54) is 20.3 Å². The van der Waals surface area contributed by atoms with Crippen LogP contribution in [-0.4, -0.2) is 25.3 Å². The van der Waals surface area contributed by atoms with Gasteiger partial charge in [-0.3, -0.25) is 4.79 Å². The third-order valence-corrected chi connectivity index (χ3v) is 4.09. The number of methoxy groups -OCH3 is 2. The Kier molecular flexibility index (Phi) is 5.88. The topological polar surface area (TPSA) is 73.6 Å². The summed E-state index contributed by atoms with van der Waals surface area (Å²) < 4.78 is 42.9. The van der Waals surface area contributed by atoms with Gasteiger partial charge >= 0.3 is 0 Å². The van der Waals surface area contributed by atoms with Crippen LogP contribution < -0.4 is 14.8 Å². The molecule has 0 spiro atoms. The van der Waals surface area contributed by atoms with E-state index in [0.717, 1.165) is 12.1 Å². The van der Waals surface area contributed by atoms with Crippen molar-refractivity contribution >= 4 is 5.91 Å². The van der Waals surface area contributed by atoms with E-state index in [1.807, 2.05) is 0 Å². The largest absolute Gasteiger partial charge is 0.493 e. The predicted octanol–water partition coefficient (Wildman–Crippen LogP) is 3.50. The number of carbonyl (C=O) groups excluding carboxylic acids is 1. The van der Waals surface area contributed by atoms with Crippen LogP contribution in [0.5, 0.6) is 11.5 Å². The minimum absolute atomic E-state index is 0.0904. The maximum atomic E-state index is 13.6. The van der Waals surface area contributed by atoms with Gasteiger partial charge in [0.15, 0.2) is 17.3 Å². The van der Waals surface area contributed by atoms with Gasteiger partial charge in [-0.25, -0.2) is 8.78 Å². The van der Waals surface area contributed by atoms with E-state index >= 15 is 0 Å². The molecule has 1 heterocycles. The molecule has 1 amide bonds. The Morgan fingerprint density at radius 3 is 2.46 bits per heavy atom. The van der Waals surface area contributed by atoms with Gasteiger partial charge in [-0.1, -0.05) is 11.2 Å². The van der Waals surface area contributed by atoms with Crippen molar-refractivity contribution in [2.45, 2.75) is 13.0 Å². The number of nitrogens with zero attached hydrogens (tertiary/aromatic N) is 1. The van der Waals surface area contributed by atoms with Crippen molar-refractivity contribution in [3.8, 4) is 22.8 Å².